The van der Waals surface area contributed by atoms with Crippen molar-refractivity contribution in [2.75, 3.05) is 9.80 Å². The Morgan fingerprint density at radius 3 is 1.32 bits per heavy atom. The Morgan fingerprint density at radius 2 is 0.740 bits per heavy atom. The Kier molecular flexibility index (Phi) is 9.85. The number of fused-ring (bicyclic) bond motifs is 15. The summed E-state index contributed by atoms with van der Waals surface area (Å²) in [5.41, 5.74) is 12.0. The van der Waals surface area contributed by atoms with E-state index in [-0.39, 0.29) is 0 Å². The van der Waals surface area contributed by atoms with Crippen molar-refractivity contribution in [1.82, 2.24) is 19.9 Å². The average Bonchev–Trinajstić information content (AvgIpc) is 4.21. The number of anilines is 6. The maximum absolute atomic E-state index is 7.26. The first-order valence-corrected chi connectivity index (χ1v) is 27.2. The second-order valence-electron chi connectivity index (χ2n) is 19.4. The van der Waals surface area contributed by atoms with Gasteiger partial charge in [-0.15, -0.1) is 22.7 Å². The lowest BCUT2D eigenvalue weighted by Crippen LogP contribution is -2.10. The lowest BCUT2D eigenvalue weighted by Gasteiger charge is -2.27. The molecule has 16 aromatic rings. The van der Waals surface area contributed by atoms with E-state index in [0.717, 1.165) is 89.1 Å². The fraction of sp³-hybridized carbons (Fsp3) is 0. The van der Waals surface area contributed by atoms with Gasteiger partial charge in [0.25, 0.3) is 0 Å². The van der Waals surface area contributed by atoms with E-state index in [2.05, 4.69) is 236 Å². The average molecular weight is 1020 g/mol. The van der Waals surface area contributed by atoms with Crippen molar-refractivity contribution in [1.29, 1.82) is 0 Å². The van der Waals surface area contributed by atoms with E-state index in [1.54, 1.807) is 12.7 Å². The molecule has 0 saturated heterocycles. The SMILES string of the molecule is c1ccc2c(c1)sc1c(N(c3ccc(-c4cncnc4)cc3)c3ccc4c(c3)c3ccccc3c3cc5c(cc43)oc3c(N(c4ccc(-c6cncnc6)cc4)c4cccc6c4sc4ccccc46)cccc35)cccc12. The van der Waals surface area contributed by atoms with Crippen LogP contribution in [0, 0.1) is 0 Å². The van der Waals surface area contributed by atoms with E-state index in [4.69, 9.17) is 4.42 Å². The van der Waals surface area contributed by atoms with Crippen molar-refractivity contribution < 1.29 is 4.42 Å². The summed E-state index contributed by atoms with van der Waals surface area (Å²) in [6.07, 6.45) is 10.6. The predicted octanol–water partition coefficient (Wildman–Crippen LogP) is 19.6. The summed E-state index contributed by atoms with van der Waals surface area (Å²) >= 11 is 3.67. The molecule has 0 radical (unpaired) electrons. The number of rotatable bonds is 8. The standard InChI is InChI=1S/C68H40N6OS2/c1-2-11-49-48(10-1)56-32-47(73(45-26-22-41(23-27-45)43-35-69-39-70-36-43)61-18-8-15-54-51-12-3-5-20-64(51)76-67(54)61)30-31-50(56)58-34-63-59(33-57(49)58)53-14-7-17-60(66(53)75-63)74(46-28-24-42(25-29-46)44-37-71-40-72-38-44)62-19-9-16-55-52-13-4-6-21-65(52)77-68(55)62/h1-40H. The highest BCUT2D eigenvalue weighted by atomic mass is 32.1. The van der Waals surface area contributed by atoms with Crippen LogP contribution in [-0.2, 0) is 0 Å². The van der Waals surface area contributed by atoms with E-state index in [1.165, 1.54) is 61.9 Å². The van der Waals surface area contributed by atoms with E-state index in [9.17, 15) is 0 Å². The zero-order chi connectivity index (χ0) is 50.6. The van der Waals surface area contributed by atoms with Crippen molar-refractivity contribution in [3.8, 4) is 22.3 Å². The zero-order valence-corrected chi connectivity index (χ0v) is 42.6. The third-order valence-electron chi connectivity index (χ3n) is 15.2. The molecular formula is C68H40N6OS2. The number of benzene rings is 11. The summed E-state index contributed by atoms with van der Waals surface area (Å²) in [5.74, 6) is 0. The molecule has 0 atom stereocenters. The molecule has 0 aliphatic rings. The first-order valence-electron chi connectivity index (χ1n) is 25.5. The Hall–Kier alpha value is -9.80. The molecule has 0 bridgehead atoms. The first-order chi connectivity index (χ1) is 38.2. The van der Waals surface area contributed by atoms with Crippen molar-refractivity contribution in [2.45, 2.75) is 0 Å². The second kappa shape index (κ2) is 17.4. The maximum atomic E-state index is 7.26. The molecular weight excluding hydrogens is 981 g/mol. The minimum atomic E-state index is 0.823. The molecule has 7 nitrogen and oxygen atoms in total. The molecule has 360 valence electrons. The third kappa shape index (κ3) is 6.95. The van der Waals surface area contributed by atoms with Gasteiger partial charge in [-0.25, -0.2) is 19.9 Å². The van der Waals surface area contributed by atoms with Gasteiger partial charge in [-0.05, 0) is 122 Å². The summed E-state index contributed by atoms with van der Waals surface area (Å²) in [6.45, 7) is 0. The molecule has 0 saturated carbocycles. The fourth-order valence-electron chi connectivity index (χ4n) is 11.7. The van der Waals surface area contributed by atoms with Gasteiger partial charge in [0.15, 0.2) is 5.58 Å². The predicted molar refractivity (Wildman–Crippen MR) is 323 cm³/mol. The van der Waals surface area contributed by atoms with Gasteiger partial charge in [0, 0.05) is 94.7 Å². The van der Waals surface area contributed by atoms with E-state index >= 15 is 0 Å². The molecule has 5 heterocycles. The Balaban J connectivity index is 0.896. The van der Waals surface area contributed by atoms with Gasteiger partial charge in [0.05, 0.1) is 26.5 Å². The third-order valence-corrected chi connectivity index (χ3v) is 17.6. The first kappa shape index (κ1) is 43.6. The van der Waals surface area contributed by atoms with Crippen molar-refractivity contribution in [3.05, 3.63) is 244 Å². The van der Waals surface area contributed by atoms with Gasteiger partial charge in [-0.3, -0.25) is 0 Å². The molecule has 5 aromatic heterocycles. The Labute approximate surface area is 448 Å². The van der Waals surface area contributed by atoms with Gasteiger partial charge < -0.3 is 14.2 Å². The molecule has 77 heavy (non-hydrogen) atoms. The topological polar surface area (TPSA) is 71.2 Å². The molecule has 0 unspecified atom stereocenters. The van der Waals surface area contributed by atoms with Gasteiger partial charge in [-0.2, -0.15) is 0 Å². The van der Waals surface area contributed by atoms with Gasteiger partial charge >= 0.3 is 0 Å². The van der Waals surface area contributed by atoms with E-state index in [0.29, 0.717) is 0 Å². The van der Waals surface area contributed by atoms with Crippen LogP contribution in [0.25, 0.3) is 117 Å². The van der Waals surface area contributed by atoms with Crippen molar-refractivity contribution >= 4 is 151 Å². The van der Waals surface area contributed by atoms with Crippen LogP contribution in [0.4, 0.5) is 34.1 Å². The number of furan rings is 1. The van der Waals surface area contributed by atoms with Crippen LogP contribution in [0.5, 0.6) is 0 Å². The molecule has 0 spiro atoms. The molecule has 0 N–H and O–H groups in total. The molecule has 0 aliphatic heterocycles. The van der Waals surface area contributed by atoms with Crippen molar-refractivity contribution in [3.63, 3.8) is 0 Å². The Bertz CT molecular complexity index is 5000. The normalized spacial score (nSPS) is 11.9. The van der Waals surface area contributed by atoms with Gasteiger partial charge in [-0.1, -0.05) is 127 Å². The number of thiophene rings is 2. The summed E-state index contributed by atoms with van der Waals surface area (Å²) in [4.78, 5) is 22.0. The highest BCUT2D eigenvalue weighted by Gasteiger charge is 2.25. The number of aromatic nitrogens is 4. The summed E-state index contributed by atoms with van der Waals surface area (Å²) in [7, 11) is 0. The maximum Gasteiger partial charge on any atom is 0.159 e. The minimum Gasteiger partial charge on any atom is -0.454 e. The fourth-order valence-corrected chi connectivity index (χ4v) is 14.1. The van der Waals surface area contributed by atoms with Crippen LogP contribution >= 0.6 is 22.7 Å². The van der Waals surface area contributed by atoms with Crippen molar-refractivity contribution in [2.24, 2.45) is 0 Å². The van der Waals surface area contributed by atoms with E-state index in [1.807, 2.05) is 47.5 Å². The number of nitrogens with zero attached hydrogens (tertiary/aromatic N) is 6. The molecule has 9 heteroatoms. The molecule has 0 aliphatic carbocycles. The highest BCUT2D eigenvalue weighted by molar-refractivity contribution is 7.26. The van der Waals surface area contributed by atoms with Crippen LogP contribution in [-0.4, -0.2) is 19.9 Å². The molecule has 11 aromatic carbocycles. The quantitative estimate of drug-likeness (QED) is 0.140. The van der Waals surface area contributed by atoms with E-state index < -0.39 is 0 Å². The summed E-state index contributed by atoms with van der Waals surface area (Å²) in [6, 6.07) is 75.2. The summed E-state index contributed by atoms with van der Waals surface area (Å²) < 4.78 is 12.2. The number of para-hydroxylation sites is 1. The minimum absolute atomic E-state index is 0.823. The van der Waals surface area contributed by atoms with Crippen LogP contribution in [0.2, 0.25) is 0 Å². The van der Waals surface area contributed by atoms with Crippen LogP contribution in [0.15, 0.2) is 248 Å². The van der Waals surface area contributed by atoms with Crippen LogP contribution in [0.3, 0.4) is 0 Å². The lowest BCUT2D eigenvalue weighted by molar-refractivity contribution is 0.669. The molecule has 0 fully saturated rings. The van der Waals surface area contributed by atoms with Gasteiger partial charge in [0.1, 0.15) is 18.2 Å². The Morgan fingerprint density at radius 1 is 0.299 bits per heavy atom. The molecule has 0 amide bonds. The molecule has 16 rings (SSSR count). The monoisotopic (exact) mass is 1020 g/mol. The van der Waals surface area contributed by atoms with Crippen LogP contribution < -0.4 is 9.80 Å². The zero-order valence-electron chi connectivity index (χ0n) is 41.0. The van der Waals surface area contributed by atoms with Crippen LogP contribution in [0.1, 0.15) is 0 Å². The lowest BCUT2D eigenvalue weighted by atomic mass is 9.92. The second-order valence-corrected chi connectivity index (χ2v) is 21.6. The smallest absolute Gasteiger partial charge is 0.159 e. The number of hydrogen-bond acceptors (Lipinski definition) is 9. The number of hydrogen-bond donors (Lipinski definition) is 0. The largest absolute Gasteiger partial charge is 0.454 e. The summed E-state index contributed by atoms with van der Waals surface area (Å²) in [5, 5.41) is 14.2. The van der Waals surface area contributed by atoms with Gasteiger partial charge in [0.2, 0.25) is 0 Å². The highest BCUT2D eigenvalue weighted by Crippen LogP contribution is 2.50.